The summed E-state index contributed by atoms with van der Waals surface area (Å²) < 4.78 is 4.53. The van der Waals surface area contributed by atoms with Crippen LogP contribution >= 0.6 is 0 Å². The van der Waals surface area contributed by atoms with Gasteiger partial charge in [-0.2, -0.15) is 4.98 Å². The maximum absolute atomic E-state index is 11.9. The number of anilines is 2. The average Bonchev–Trinajstić information content (AvgIpc) is 2.85. The van der Waals surface area contributed by atoms with Gasteiger partial charge in [0.1, 0.15) is 0 Å². The number of aromatic nitrogens is 4. The summed E-state index contributed by atoms with van der Waals surface area (Å²) in [7, 11) is 0. The predicted octanol–water partition coefficient (Wildman–Crippen LogP) is 2.35. The van der Waals surface area contributed by atoms with Crippen molar-refractivity contribution in [3.8, 4) is 0 Å². The number of hydrogen-bond donors (Lipinski definition) is 2. The monoisotopic (exact) mass is 285 g/mol. The lowest BCUT2D eigenvalue weighted by Gasteiger charge is -2.19. The van der Waals surface area contributed by atoms with Crippen molar-refractivity contribution < 1.29 is 4.63 Å². The van der Waals surface area contributed by atoms with Crippen LogP contribution in [0.5, 0.6) is 0 Å². The Bertz CT molecular complexity index is 844. The molecule has 0 bridgehead atoms. The Kier molecular flexibility index (Phi) is 2.97. The summed E-state index contributed by atoms with van der Waals surface area (Å²) in [4.78, 5) is 18.6. The van der Waals surface area contributed by atoms with E-state index in [1.807, 2.05) is 24.3 Å². The van der Waals surface area contributed by atoms with Crippen LogP contribution in [0.2, 0.25) is 0 Å². The Morgan fingerprint density at radius 2 is 2.05 bits per heavy atom. The van der Waals surface area contributed by atoms with E-state index in [0.29, 0.717) is 0 Å². The number of rotatable bonds is 2. The summed E-state index contributed by atoms with van der Waals surface area (Å²) in [6, 6.07) is 7.86. The number of aromatic amines is 1. The fraction of sp³-hybridized carbons (Fsp3) is 0.286. The highest BCUT2D eigenvalue weighted by molar-refractivity contribution is 5.67. The molecule has 0 saturated heterocycles. The molecule has 7 heteroatoms. The topological polar surface area (TPSA) is 96.7 Å². The molecular formula is C14H15N5O2. The number of H-pyrrole nitrogens is 1. The molecule has 3 rings (SSSR count). The molecule has 0 amide bonds. The van der Waals surface area contributed by atoms with Crippen LogP contribution in [0.1, 0.15) is 26.3 Å². The summed E-state index contributed by atoms with van der Waals surface area (Å²) >= 11 is 0. The minimum atomic E-state index is -0.376. The molecular weight excluding hydrogens is 270 g/mol. The first-order valence-electron chi connectivity index (χ1n) is 6.54. The molecule has 0 radical (unpaired) electrons. The molecule has 1 aromatic carbocycles. The first-order valence-corrected chi connectivity index (χ1v) is 6.54. The molecule has 7 nitrogen and oxygen atoms in total. The van der Waals surface area contributed by atoms with Crippen LogP contribution in [0.4, 0.5) is 11.5 Å². The van der Waals surface area contributed by atoms with Crippen LogP contribution in [0, 0.1) is 0 Å². The Morgan fingerprint density at radius 1 is 1.24 bits per heavy atom. The second-order valence-electron chi connectivity index (χ2n) is 5.81. The molecule has 2 aromatic heterocycles. The summed E-state index contributed by atoms with van der Waals surface area (Å²) in [5, 5.41) is 10.2. The zero-order chi connectivity index (χ0) is 15.0. The van der Waals surface area contributed by atoms with Crippen LogP contribution in [0.25, 0.3) is 11.3 Å². The molecule has 0 spiro atoms. The van der Waals surface area contributed by atoms with E-state index >= 15 is 0 Å². The molecule has 0 unspecified atom stereocenters. The lowest BCUT2D eigenvalue weighted by atomic mass is 9.87. The van der Waals surface area contributed by atoms with Crippen molar-refractivity contribution >= 4 is 22.8 Å². The highest BCUT2D eigenvalue weighted by Gasteiger charge is 2.14. The van der Waals surface area contributed by atoms with E-state index in [4.69, 9.17) is 0 Å². The second-order valence-corrected chi connectivity index (χ2v) is 5.81. The smallest absolute Gasteiger partial charge is 0.292 e. The molecule has 0 aliphatic rings. The van der Waals surface area contributed by atoms with Crippen LogP contribution < -0.4 is 10.9 Å². The fourth-order valence-electron chi connectivity index (χ4n) is 1.94. The first-order chi connectivity index (χ1) is 9.93. The van der Waals surface area contributed by atoms with E-state index in [2.05, 4.69) is 51.0 Å². The van der Waals surface area contributed by atoms with Crippen molar-refractivity contribution in [1.82, 2.24) is 20.3 Å². The molecule has 0 saturated carbocycles. The average molecular weight is 285 g/mol. The minimum Gasteiger partial charge on any atom is -0.336 e. The lowest BCUT2D eigenvalue weighted by Crippen LogP contribution is -2.15. The van der Waals surface area contributed by atoms with Gasteiger partial charge in [-0.05, 0) is 33.4 Å². The van der Waals surface area contributed by atoms with E-state index < -0.39 is 0 Å². The van der Waals surface area contributed by atoms with Crippen molar-refractivity contribution in [1.29, 1.82) is 0 Å². The van der Waals surface area contributed by atoms with Gasteiger partial charge in [0.15, 0.2) is 5.82 Å². The van der Waals surface area contributed by atoms with E-state index in [0.717, 1.165) is 11.3 Å². The zero-order valence-corrected chi connectivity index (χ0v) is 12.0. The number of nitrogens with one attached hydrogen (secondary N) is 2. The molecule has 21 heavy (non-hydrogen) atoms. The molecule has 0 aliphatic heterocycles. The van der Waals surface area contributed by atoms with Gasteiger partial charge < -0.3 is 5.32 Å². The Hall–Kier alpha value is -2.70. The largest absolute Gasteiger partial charge is 0.336 e. The molecule has 2 heterocycles. The van der Waals surface area contributed by atoms with Gasteiger partial charge in [-0.15, -0.1) is 0 Å². The standard InChI is InChI=1S/C14H15N5O2/c1-14(2,3)8-5-4-6-9(7-8)15-12-13(20)17-11-10(16-12)18-21-19-11/h4-7H,1-3H3,(H,15,16,18)(H,17,19,20). The van der Waals surface area contributed by atoms with Crippen molar-refractivity contribution in [3.63, 3.8) is 0 Å². The minimum absolute atomic E-state index is 0.0253. The Morgan fingerprint density at radius 3 is 2.81 bits per heavy atom. The van der Waals surface area contributed by atoms with Gasteiger partial charge in [0.25, 0.3) is 5.56 Å². The molecule has 2 N–H and O–H groups in total. The summed E-state index contributed by atoms with van der Waals surface area (Å²) in [5.74, 6) is 0.157. The van der Waals surface area contributed by atoms with E-state index in [9.17, 15) is 4.79 Å². The molecule has 108 valence electrons. The number of benzene rings is 1. The van der Waals surface area contributed by atoms with Crippen LogP contribution in [-0.4, -0.2) is 20.3 Å². The lowest BCUT2D eigenvalue weighted by molar-refractivity contribution is 0.314. The predicted molar refractivity (Wildman–Crippen MR) is 78.6 cm³/mol. The van der Waals surface area contributed by atoms with E-state index in [1.54, 1.807) is 0 Å². The van der Waals surface area contributed by atoms with Crippen LogP contribution in [0.3, 0.4) is 0 Å². The van der Waals surface area contributed by atoms with Crippen molar-refractivity contribution in [3.05, 3.63) is 40.2 Å². The Labute approximate surface area is 120 Å². The Balaban J connectivity index is 1.98. The fourth-order valence-corrected chi connectivity index (χ4v) is 1.94. The third-order valence-corrected chi connectivity index (χ3v) is 3.13. The highest BCUT2D eigenvalue weighted by atomic mass is 16.6. The zero-order valence-electron chi connectivity index (χ0n) is 12.0. The number of fused-ring (bicyclic) bond motifs is 1. The molecule has 0 atom stereocenters. The van der Waals surface area contributed by atoms with Gasteiger partial charge in [-0.25, -0.2) is 4.63 Å². The van der Waals surface area contributed by atoms with Gasteiger partial charge >= 0.3 is 0 Å². The van der Waals surface area contributed by atoms with Crippen LogP contribution in [0.15, 0.2) is 33.7 Å². The van der Waals surface area contributed by atoms with Crippen molar-refractivity contribution in [2.45, 2.75) is 26.2 Å². The summed E-state index contributed by atoms with van der Waals surface area (Å²) in [6.07, 6.45) is 0. The van der Waals surface area contributed by atoms with Gasteiger partial charge in [0, 0.05) is 5.69 Å². The number of nitrogens with zero attached hydrogens (tertiary/aromatic N) is 3. The van der Waals surface area contributed by atoms with Crippen molar-refractivity contribution in [2.75, 3.05) is 5.32 Å². The summed E-state index contributed by atoms with van der Waals surface area (Å²) in [6.45, 7) is 6.39. The van der Waals surface area contributed by atoms with Crippen LogP contribution in [-0.2, 0) is 5.41 Å². The quantitative estimate of drug-likeness (QED) is 0.750. The number of hydrogen-bond acceptors (Lipinski definition) is 6. The normalized spacial score (nSPS) is 11.8. The molecule has 0 aliphatic carbocycles. The van der Waals surface area contributed by atoms with Gasteiger partial charge in [0.05, 0.1) is 0 Å². The molecule has 3 aromatic rings. The van der Waals surface area contributed by atoms with Crippen molar-refractivity contribution in [2.24, 2.45) is 0 Å². The maximum atomic E-state index is 11.9. The highest BCUT2D eigenvalue weighted by Crippen LogP contribution is 2.25. The van der Waals surface area contributed by atoms with Gasteiger partial charge in [0.2, 0.25) is 11.3 Å². The third-order valence-electron chi connectivity index (χ3n) is 3.13. The SMILES string of the molecule is CC(C)(C)c1cccc(Nc2nc3nonc3[nH]c2=O)c1. The van der Waals surface area contributed by atoms with E-state index in [-0.39, 0.29) is 28.1 Å². The van der Waals surface area contributed by atoms with Gasteiger partial charge in [-0.3, -0.25) is 9.78 Å². The van der Waals surface area contributed by atoms with Gasteiger partial charge in [-0.1, -0.05) is 32.9 Å². The third kappa shape index (κ3) is 2.62. The molecule has 0 fully saturated rings. The summed E-state index contributed by atoms with van der Waals surface area (Å²) in [5.41, 5.74) is 2.08. The first kappa shape index (κ1) is 13.3. The van der Waals surface area contributed by atoms with E-state index in [1.165, 1.54) is 0 Å². The second kappa shape index (κ2) is 4.69. The maximum Gasteiger partial charge on any atom is 0.292 e.